The van der Waals surface area contributed by atoms with Crippen LogP contribution in [-0.4, -0.2) is 20.2 Å². The summed E-state index contributed by atoms with van der Waals surface area (Å²) in [6.45, 7) is 0. The van der Waals surface area contributed by atoms with Crippen molar-refractivity contribution < 1.29 is 35.1 Å². The van der Waals surface area contributed by atoms with E-state index >= 15 is 0 Å². The number of nitrogens with zero attached hydrogens (tertiary/aromatic N) is 2. The first-order valence-electron chi connectivity index (χ1n) is 7.49. The van der Waals surface area contributed by atoms with Crippen LogP contribution in [0.3, 0.4) is 0 Å². The van der Waals surface area contributed by atoms with E-state index in [9.17, 15) is 30.4 Å². The van der Waals surface area contributed by atoms with Gasteiger partial charge in [0.2, 0.25) is 0 Å². The Morgan fingerprint density at radius 3 is 2.54 bits per heavy atom. The number of hydrogen-bond acceptors (Lipinski definition) is 6. The topological polar surface area (TPSA) is 96.4 Å². The largest absolute Gasteiger partial charge is 0.501 e. The van der Waals surface area contributed by atoms with Crippen LogP contribution in [0, 0.1) is 17.1 Å². The number of anilines is 1. The molecule has 0 bridgehead atoms. The van der Waals surface area contributed by atoms with Crippen LogP contribution in [-0.2, 0) is 16.3 Å². The van der Waals surface area contributed by atoms with E-state index in [0.717, 1.165) is 24.3 Å². The molecular formula is C16H10F5N3O3S. The van der Waals surface area contributed by atoms with Gasteiger partial charge >= 0.3 is 5.51 Å². The van der Waals surface area contributed by atoms with Crippen LogP contribution in [0.15, 0.2) is 35.2 Å². The van der Waals surface area contributed by atoms with Crippen LogP contribution in [0.1, 0.15) is 11.1 Å². The van der Waals surface area contributed by atoms with E-state index in [-0.39, 0.29) is 27.6 Å². The van der Waals surface area contributed by atoms with Crippen LogP contribution in [0.2, 0.25) is 0 Å². The van der Waals surface area contributed by atoms with E-state index in [0.29, 0.717) is 6.07 Å². The quantitative estimate of drug-likeness (QED) is 0.466. The number of halogens is 5. The molecule has 1 aliphatic rings. The number of sulfone groups is 1. The molecule has 1 atom stereocenters. The summed E-state index contributed by atoms with van der Waals surface area (Å²) in [5.41, 5.74) is -6.64. The smallest absolute Gasteiger partial charge is 0.457 e. The van der Waals surface area contributed by atoms with Crippen molar-refractivity contribution in [2.75, 3.05) is 5.01 Å². The number of hydrazine groups is 1. The molecule has 148 valence electrons. The average molecular weight is 419 g/mol. The lowest BCUT2D eigenvalue weighted by molar-refractivity contribution is -0.0435. The van der Waals surface area contributed by atoms with Crippen molar-refractivity contribution in [2.45, 2.75) is 23.1 Å². The maximum atomic E-state index is 14.0. The van der Waals surface area contributed by atoms with Crippen molar-refractivity contribution in [3.05, 3.63) is 47.3 Å². The summed E-state index contributed by atoms with van der Waals surface area (Å²) in [7, 11) is -5.81. The summed E-state index contributed by atoms with van der Waals surface area (Å²) in [6.07, 6.45) is -2.55. The van der Waals surface area contributed by atoms with E-state index in [2.05, 4.69) is 0 Å². The number of fused-ring (bicyclic) bond motifs is 1. The van der Waals surface area contributed by atoms with Crippen molar-refractivity contribution in [3.63, 3.8) is 0 Å². The van der Waals surface area contributed by atoms with Crippen molar-refractivity contribution in [3.8, 4) is 17.6 Å². The molecule has 0 amide bonds. The second-order valence-corrected chi connectivity index (χ2v) is 7.68. The highest BCUT2D eigenvalue weighted by molar-refractivity contribution is 7.92. The Balaban J connectivity index is 2.15. The zero-order valence-electron chi connectivity index (χ0n) is 13.7. The zero-order valence-corrected chi connectivity index (χ0v) is 14.5. The predicted octanol–water partition coefficient (Wildman–Crippen LogP) is 3.31. The lowest BCUT2D eigenvalue weighted by Gasteiger charge is -2.20. The Morgan fingerprint density at radius 2 is 1.93 bits per heavy atom. The third kappa shape index (κ3) is 3.23. The van der Waals surface area contributed by atoms with Crippen molar-refractivity contribution in [1.82, 2.24) is 0 Å². The molecule has 2 aromatic rings. The molecule has 2 aromatic carbocycles. The van der Waals surface area contributed by atoms with Gasteiger partial charge in [-0.2, -0.15) is 18.4 Å². The van der Waals surface area contributed by atoms with Gasteiger partial charge in [0, 0.05) is 18.1 Å². The monoisotopic (exact) mass is 419 g/mol. The summed E-state index contributed by atoms with van der Waals surface area (Å²) in [4.78, 5) is -1.22. The summed E-state index contributed by atoms with van der Waals surface area (Å²) < 4.78 is 95.4. The molecule has 0 spiro atoms. The van der Waals surface area contributed by atoms with Gasteiger partial charge in [-0.3, -0.25) is 5.01 Å². The summed E-state index contributed by atoms with van der Waals surface area (Å²) in [5.74, 6) is 4.21. The van der Waals surface area contributed by atoms with Gasteiger partial charge in [0.25, 0.3) is 9.84 Å². The van der Waals surface area contributed by atoms with Gasteiger partial charge in [0.1, 0.15) is 22.2 Å². The number of alkyl halides is 4. The van der Waals surface area contributed by atoms with Crippen LogP contribution in [0.4, 0.5) is 27.6 Å². The van der Waals surface area contributed by atoms with E-state index < -0.39 is 44.5 Å². The normalized spacial score (nSPS) is 16.6. The Morgan fingerprint density at radius 1 is 1.25 bits per heavy atom. The highest BCUT2D eigenvalue weighted by atomic mass is 32.2. The van der Waals surface area contributed by atoms with Crippen molar-refractivity contribution in [2.24, 2.45) is 5.84 Å². The third-order valence-corrected chi connectivity index (χ3v) is 5.48. The van der Waals surface area contributed by atoms with E-state index in [1.807, 2.05) is 0 Å². The average Bonchev–Trinajstić information content (AvgIpc) is 2.89. The maximum absolute atomic E-state index is 14.0. The fourth-order valence-electron chi connectivity index (χ4n) is 2.73. The molecule has 0 aromatic heterocycles. The van der Waals surface area contributed by atoms with Gasteiger partial charge in [0.05, 0.1) is 17.3 Å². The fourth-order valence-corrected chi connectivity index (χ4v) is 3.71. The Kier molecular flexibility index (Phi) is 4.68. The maximum Gasteiger partial charge on any atom is 0.501 e. The number of hydrogen-bond donors (Lipinski definition) is 1. The molecular weight excluding hydrogens is 409 g/mol. The third-order valence-electron chi connectivity index (χ3n) is 3.96. The van der Waals surface area contributed by atoms with E-state index in [1.54, 1.807) is 6.07 Å². The number of rotatable bonds is 3. The van der Waals surface area contributed by atoms with Crippen LogP contribution >= 0.6 is 0 Å². The molecule has 0 saturated heterocycles. The van der Waals surface area contributed by atoms with Gasteiger partial charge < -0.3 is 4.74 Å². The van der Waals surface area contributed by atoms with Gasteiger partial charge in [-0.1, -0.05) is 0 Å². The molecule has 0 radical (unpaired) electrons. The Hall–Kier alpha value is -2.91. The molecule has 0 saturated carbocycles. The molecule has 1 unspecified atom stereocenters. The van der Waals surface area contributed by atoms with E-state index in [1.165, 1.54) is 0 Å². The van der Waals surface area contributed by atoms with Crippen LogP contribution < -0.4 is 15.6 Å². The molecule has 2 N–H and O–H groups in total. The minimum absolute atomic E-state index is 0.0910. The van der Waals surface area contributed by atoms with Crippen molar-refractivity contribution >= 4 is 15.5 Å². The molecule has 6 nitrogen and oxygen atoms in total. The van der Waals surface area contributed by atoms with Gasteiger partial charge in [-0.05, 0) is 24.3 Å². The lowest BCUT2D eigenvalue weighted by atomic mass is 10.1. The predicted molar refractivity (Wildman–Crippen MR) is 86.1 cm³/mol. The lowest BCUT2D eigenvalue weighted by Crippen LogP contribution is -2.36. The molecule has 28 heavy (non-hydrogen) atoms. The fraction of sp³-hybridized carbons (Fsp3) is 0.188. The molecule has 1 heterocycles. The van der Waals surface area contributed by atoms with Crippen molar-refractivity contribution in [1.29, 1.82) is 5.26 Å². The first-order valence-corrected chi connectivity index (χ1v) is 8.98. The highest BCUT2D eigenvalue weighted by Gasteiger charge is 2.50. The van der Waals surface area contributed by atoms with Gasteiger partial charge in [0.15, 0.2) is 6.30 Å². The second-order valence-electron chi connectivity index (χ2n) is 5.77. The van der Waals surface area contributed by atoms with Gasteiger partial charge in [-0.25, -0.2) is 23.0 Å². The van der Waals surface area contributed by atoms with Crippen LogP contribution in [0.5, 0.6) is 11.5 Å². The molecule has 3 rings (SSSR count). The summed E-state index contributed by atoms with van der Waals surface area (Å²) in [6, 6.07) is 6.14. The first-order chi connectivity index (χ1) is 13.0. The Labute approximate surface area is 155 Å². The standard InChI is InChI=1S/C16H10F5N3O3S/c17-9-3-8(7-22)4-10(5-9)27-12-1-2-13(28(25,26)16(19,20)21)15-11(12)6-14(18)24(15)23/h1-5,14H,6,23H2. The minimum atomic E-state index is -5.81. The summed E-state index contributed by atoms with van der Waals surface area (Å²) >= 11 is 0. The van der Waals surface area contributed by atoms with Gasteiger partial charge in [-0.15, -0.1) is 0 Å². The first kappa shape index (κ1) is 19.8. The zero-order chi connectivity index (χ0) is 20.9. The highest BCUT2D eigenvalue weighted by Crippen LogP contribution is 2.46. The number of benzene rings is 2. The van der Waals surface area contributed by atoms with E-state index in [4.69, 9.17) is 15.8 Å². The summed E-state index contributed by atoms with van der Waals surface area (Å²) in [5, 5.41) is 9.13. The molecule has 0 aliphatic carbocycles. The number of nitrogens with two attached hydrogens (primary N) is 1. The number of ether oxygens (including phenoxy) is 1. The molecule has 0 fully saturated rings. The number of nitriles is 1. The van der Waals surface area contributed by atoms with Crippen LogP contribution in [0.25, 0.3) is 0 Å². The second kappa shape index (κ2) is 6.61. The Bertz CT molecular complexity index is 1100. The SMILES string of the molecule is N#Cc1cc(F)cc(Oc2ccc(S(=O)(=O)C(F)(F)F)c3c2CC(F)N3N)c1. The minimum Gasteiger partial charge on any atom is -0.457 e. The molecule has 1 aliphatic heterocycles. The molecule has 12 heteroatoms.